The molecule has 0 rings (SSSR count). The maximum Gasteiger partial charge on any atom is 0.171 e. The second-order valence-electron chi connectivity index (χ2n) is 2.87. The Bertz CT molecular complexity index is 124. The first kappa shape index (κ1) is 12.6. The lowest BCUT2D eigenvalue weighted by Gasteiger charge is -2.24. The van der Waals surface area contributed by atoms with E-state index >= 15 is 0 Å². The molecule has 3 heteroatoms. The van der Waals surface area contributed by atoms with E-state index in [9.17, 15) is 0 Å². The number of ether oxygens (including phenoxy) is 2. The SMILES string of the molecule is C=CCCC(NCC)C(OC)OC. The molecule has 0 aliphatic heterocycles. The van der Waals surface area contributed by atoms with E-state index in [1.54, 1.807) is 14.2 Å². The average molecular weight is 187 g/mol. The van der Waals surface area contributed by atoms with Crippen molar-refractivity contribution >= 4 is 0 Å². The summed E-state index contributed by atoms with van der Waals surface area (Å²) in [7, 11) is 3.32. The molecule has 1 N–H and O–H groups in total. The number of nitrogens with one attached hydrogen (secondary N) is 1. The fourth-order valence-electron chi connectivity index (χ4n) is 1.32. The van der Waals surface area contributed by atoms with Crippen molar-refractivity contribution in [1.29, 1.82) is 0 Å². The lowest BCUT2D eigenvalue weighted by molar-refractivity contribution is -0.123. The fraction of sp³-hybridized carbons (Fsp3) is 0.800. The largest absolute Gasteiger partial charge is 0.354 e. The van der Waals surface area contributed by atoms with Crippen LogP contribution >= 0.6 is 0 Å². The van der Waals surface area contributed by atoms with Crippen LogP contribution in [0.15, 0.2) is 12.7 Å². The highest BCUT2D eigenvalue weighted by molar-refractivity contribution is 4.75. The molecule has 0 saturated heterocycles. The minimum Gasteiger partial charge on any atom is -0.354 e. The first-order chi connectivity index (χ1) is 6.29. The first-order valence-corrected chi connectivity index (χ1v) is 4.70. The summed E-state index contributed by atoms with van der Waals surface area (Å²) < 4.78 is 10.4. The van der Waals surface area contributed by atoms with E-state index in [0.717, 1.165) is 19.4 Å². The van der Waals surface area contributed by atoms with Gasteiger partial charge < -0.3 is 14.8 Å². The van der Waals surface area contributed by atoms with Crippen LogP contribution in [-0.4, -0.2) is 33.1 Å². The van der Waals surface area contributed by atoms with Crippen LogP contribution in [0, 0.1) is 0 Å². The smallest absolute Gasteiger partial charge is 0.171 e. The summed E-state index contributed by atoms with van der Waals surface area (Å²) in [5.41, 5.74) is 0. The summed E-state index contributed by atoms with van der Waals surface area (Å²) in [6.45, 7) is 6.69. The van der Waals surface area contributed by atoms with E-state index in [-0.39, 0.29) is 12.3 Å². The first-order valence-electron chi connectivity index (χ1n) is 4.70. The fourth-order valence-corrected chi connectivity index (χ4v) is 1.32. The zero-order valence-electron chi connectivity index (χ0n) is 8.88. The van der Waals surface area contributed by atoms with Gasteiger partial charge in [0, 0.05) is 14.2 Å². The Labute approximate surface area is 81.1 Å². The molecule has 78 valence electrons. The third-order valence-corrected chi connectivity index (χ3v) is 1.94. The highest BCUT2D eigenvalue weighted by atomic mass is 16.7. The number of rotatable bonds is 8. The van der Waals surface area contributed by atoms with Crippen molar-refractivity contribution in [3.8, 4) is 0 Å². The standard InChI is InChI=1S/C10H21NO2/c1-5-7-8-9(11-6-2)10(12-3)13-4/h5,9-11H,1,6-8H2,2-4H3. The van der Waals surface area contributed by atoms with Gasteiger partial charge in [-0.2, -0.15) is 0 Å². The number of methoxy groups -OCH3 is 2. The van der Waals surface area contributed by atoms with Gasteiger partial charge in [0.1, 0.15) is 0 Å². The number of hydrogen-bond donors (Lipinski definition) is 1. The molecule has 1 unspecified atom stereocenters. The summed E-state index contributed by atoms with van der Waals surface area (Å²) in [6, 6.07) is 0.248. The van der Waals surface area contributed by atoms with Gasteiger partial charge in [-0.05, 0) is 19.4 Å². The molecule has 0 amide bonds. The van der Waals surface area contributed by atoms with Crippen LogP contribution in [0.2, 0.25) is 0 Å². The Kier molecular flexibility index (Phi) is 7.99. The van der Waals surface area contributed by atoms with Crippen LogP contribution in [0.4, 0.5) is 0 Å². The third-order valence-electron chi connectivity index (χ3n) is 1.94. The molecular weight excluding hydrogens is 166 g/mol. The van der Waals surface area contributed by atoms with Crippen molar-refractivity contribution in [2.24, 2.45) is 0 Å². The predicted molar refractivity (Wildman–Crippen MR) is 54.7 cm³/mol. The van der Waals surface area contributed by atoms with Gasteiger partial charge >= 0.3 is 0 Å². The molecule has 0 radical (unpaired) electrons. The van der Waals surface area contributed by atoms with E-state index in [1.807, 2.05) is 6.08 Å². The number of likely N-dealkylation sites (N-methyl/N-ethyl adjacent to an activating group) is 1. The average Bonchev–Trinajstić information content (AvgIpc) is 2.16. The van der Waals surface area contributed by atoms with Gasteiger partial charge in [0.15, 0.2) is 6.29 Å². The molecule has 0 heterocycles. The Morgan fingerprint density at radius 3 is 2.38 bits per heavy atom. The summed E-state index contributed by atoms with van der Waals surface area (Å²) in [6.07, 6.45) is 3.71. The molecule has 0 bridgehead atoms. The van der Waals surface area contributed by atoms with Gasteiger partial charge in [0.05, 0.1) is 6.04 Å². The molecular formula is C10H21NO2. The Morgan fingerprint density at radius 2 is 2.00 bits per heavy atom. The molecule has 0 aliphatic rings. The molecule has 13 heavy (non-hydrogen) atoms. The van der Waals surface area contributed by atoms with Gasteiger partial charge in [0.25, 0.3) is 0 Å². The van der Waals surface area contributed by atoms with Gasteiger partial charge in [-0.1, -0.05) is 13.0 Å². The van der Waals surface area contributed by atoms with Crippen molar-refractivity contribution in [2.45, 2.75) is 32.1 Å². The lowest BCUT2D eigenvalue weighted by atomic mass is 10.1. The van der Waals surface area contributed by atoms with Crippen molar-refractivity contribution in [3.63, 3.8) is 0 Å². The lowest BCUT2D eigenvalue weighted by Crippen LogP contribution is -2.41. The zero-order valence-corrected chi connectivity index (χ0v) is 8.88. The summed E-state index contributed by atoms with van der Waals surface area (Å²) in [5, 5.41) is 3.32. The Balaban J connectivity index is 3.94. The van der Waals surface area contributed by atoms with E-state index in [0.29, 0.717) is 0 Å². The topological polar surface area (TPSA) is 30.5 Å². The minimum atomic E-state index is -0.167. The number of allylic oxidation sites excluding steroid dienone is 1. The molecule has 0 spiro atoms. The maximum atomic E-state index is 5.19. The van der Waals surface area contributed by atoms with E-state index in [4.69, 9.17) is 9.47 Å². The molecule has 0 aliphatic carbocycles. The van der Waals surface area contributed by atoms with Crippen LogP contribution in [0.25, 0.3) is 0 Å². The predicted octanol–water partition coefficient (Wildman–Crippen LogP) is 1.55. The van der Waals surface area contributed by atoms with Crippen LogP contribution in [0.5, 0.6) is 0 Å². The van der Waals surface area contributed by atoms with Crippen molar-refractivity contribution in [1.82, 2.24) is 5.32 Å². The van der Waals surface area contributed by atoms with Crippen LogP contribution in [-0.2, 0) is 9.47 Å². The molecule has 3 nitrogen and oxygen atoms in total. The van der Waals surface area contributed by atoms with E-state index in [1.165, 1.54) is 0 Å². The highest BCUT2D eigenvalue weighted by Crippen LogP contribution is 2.06. The normalized spacial score (nSPS) is 13.2. The van der Waals surface area contributed by atoms with Crippen molar-refractivity contribution in [3.05, 3.63) is 12.7 Å². The molecule has 0 aromatic carbocycles. The summed E-state index contributed by atoms with van der Waals surface area (Å²) >= 11 is 0. The second kappa shape index (κ2) is 8.23. The minimum absolute atomic E-state index is 0.167. The molecule has 1 atom stereocenters. The maximum absolute atomic E-state index is 5.19. The van der Waals surface area contributed by atoms with Gasteiger partial charge in [-0.15, -0.1) is 6.58 Å². The summed E-state index contributed by atoms with van der Waals surface area (Å²) in [4.78, 5) is 0. The summed E-state index contributed by atoms with van der Waals surface area (Å²) in [5.74, 6) is 0. The molecule has 0 aromatic rings. The highest BCUT2D eigenvalue weighted by Gasteiger charge is 2.18. The molecule has 0 aromatic heterocycles. The Morgan fingerprint density at radius 1 is 1.38 bits per heavy atom. The van der Waals surface area contributed by atoms with Gasteiger partial charge in [-0.3, -0.25) is 0 Å². The van der Waals surface area contributed by atoms with Crippen molar-refractivity contribution in [2.75, 3.05) is 20.8 Å². The molecule has 0 fully saturated rings. The zero-order chi connectivity index (χ0) is 10.1. The second-order valence-corrected chi connectivity index (χ2v) is 2.87. The van der Waals surface area contributed by atoms with Crippen LogP contribution < -0.4 is 5.32 Å². The third kappa shape index (κ3) is 5.03. The number of hydrogen-bond acceptors (Lipinski definition) is 3. The quantitative estimate of drug-likeness (QED) is 0.462. The monoisotopic (exact) mass is 187 g/mol. The van der Waals surface area contributed by atoms with Crippen LogP contribution in [0.3, 0.4) is 0 Å². The van der Waals surface area contributed by atoms with E-state index < -0.39 is 0 Å². The van der Waals surface area contributed by atoms with Gasteiger partial charge in [0.2, 0.25) is 0 Å². The van der Waals surface area contributed by atoms with Gasteiger partial charge in [-0.25, -0.2) is 0 Å². The Hall–Kier alpha value is -0.380. The van der Waals surface area contributed by atoms with Crippen LogP contribution in [0.1, 0.15) is 19.8 Å². The van der Waals surface area contributed by atoms with E-state index in [2.05, 4.69) is 18.8 Å². The molecule has 0 saturated carbocycles. The van der Waals surface area contributed by atoms with Crippen molar-refractivity contribution < 1.29 is 9.47 Å².